The first-order valence-electron chi connectivity index (χ1n) is 5.75. The number of hydrogen-bond acceptors (Lipinski definition) is 3. The number of rotatable bonds is 7. The fourth-order valence-electron chi connectivity index (χ4n) is 1.80. The van der Waals surface area contributed by atoms with E-state index in [2.05, 4.69) is 33.0 Å². The van der Waals surface area contributed by atoms with Crippen LogP contribution in [0.2, 0.25) is 0 Å². The lowest BCUT2D eigenvalue weighted by Gasteiger charge is -2.35. The SMILES string of the molecule is CCCOCC(NC)C(OC)C(C)(C)C. The molecule has 0 saturated carbocycles. The van der Waals surface area contributed by atoms with Gasteiger partial charge < -0.3 is 14.8 Å². The molecule has 0 aromatic rings. The van der Waals surface area contributed by atoms with Crippen LogP contribution in [0.4, 0.5) is 0 Å². The van der Waals surface area contributed by atoms with Gasteiger partial charge in [0, 0.05) is 13.7 Å². The highest BCUT2D eigenvalue weighted by molar-refractivity contribution is 4.85. The summed E-state index contributed by atoms with van der Waals surface area (Å²) in [6, 6.07) is 0.251. The molecule has 92 valence electrons. The van der Waals surface area contributed by atoms with E-state index in [0.29, 0.717) is 6.61 Å². The normalized spacial score (nSPS) is 16.4. The van der Waals surface area contributed by atoms with Crippen molar-refractivity contribution in [3.63, 3.8) is 0 Å². The molecule has 0 aliphatic heterocycles. The van der Waals surface area contributed by atoms with Gasteiger partial charge in [0.15, 0.2) is 0 Å². The van der Waals surface area contributed by atoms with Crippen LogP contribution in [0, 0.1) is 5.41 Å². The second-order valence-corrected chi connectivity index (χ2v) is 4.99. The Balaban J connectivity index is 4.22. The van der Waals surface area contributed by atoms with Crippen LogP contribution in [0.3, 0.4) is 0 Å². The van der Waals surface area contributed by atoms with Crippen molar-refractivity contribution in [3.05, 3.63) is 0 Å². The lowest BCUT2D eigenvalue weighted by Crippen LogP contribution is -2.49. The van der Waals surface area contributed by atoms with E-state index in [4.69, 9.17) is 9.47 Å². The first kappa shape index (κ1) is 14.9. The number of methoxy groups -OCH3 is 1. The minimum atomic E-state index is 0.123. The minimum Gasteiger partial charge on any atom is -0.380 e. The topological polar surface area (TPSA) is 30.5 Å². The van der Waals surface area contributed by atoms with Crippen molar-refractivity contribution in [2.75, 3.05) is 27.4 Å². The van der Waals surface area contributed by atoms with E-state index in [-0.39, 0.29) is 17.6 Å². The second kappa shape index (κ2) is 7.20. The Bertz CT molecular complexity index is 154. The molecular weight excluding hydrogens is 190 g/mol. The van der Waals surface area contributed by atoms with Gasteiger partial charge in [-0.3, -0.25) is 0 Å². The average molecular weight is 217 g/mol. The summed E-state index contributed by atoms with van der Waals surface area (Å²) < 4.78 is 11.1. The van der Waals surface area contributed by atoms with E-state index < -0.39 is 0 Å². The van der Waals surface area contributed by atoms with Crippen LogP contribution in [0.15, 0.2) is 0 Å². The summed E-state index contributed by atoms with van der Waals surface area (Å²) in [6.07, 6.45) is 1.23. The highest BCUT2D eigenvalue weighted by Crippen LogP contribution is 2.24. The Hall–Kier alpha value is -0.120. The zero-order chi connectivity index (χ0) is 11.9. The summed E-state index contributed by atoms with van der Waals surface area (Å²) >= 11 is 0. The highest BCUT2D eigenvalue weighted by Gasteiger charge is 2.31. The zero-order valence-corrected chi connectivity index (χ0v) is 11.1. The van der Waals surface area contributed by atoms with E-state index in [1.165, 1.54) is 0 Å². The monoisotopic (exact) mass is 217 g/mol. The van der Waals surface area contributed by atoms with Gasteiger partial charge in [-0.1, -0.05) is 27.7 Å². The molecule has 0 aromatic heterocycles. The number of nitrogens with one attached hydrogen (secondary N) is 1. The van der Waals surface area contributed by atoms with Crippen molar-refractivity contribution in [3.8, 4) is 0 Å². The van der Waals surface area contributed by atoms with Crippen molar-refractivity contribution in [1.82, 2.24) is 5.32 Å². The fraction of sp³-hybridized carbons (Fsp3) is 1.00. The predicted octanol–water partition coefficient (Wildman–Crippen LogP) is 2.06. The van der Waals surface area contributed by atoms with Gasteiger partial charge in [-0.05, 0) is 18.9 Å². The Morgan fingerprint density at radius 1 is 1.27 bits per heavy atom. The van der Waals surface area contributed by atoms with Crippen LogP contribution in [0.5, 0.6) is 0 Å². The fourth-order valence-corrected chi connectivity index (χ4v) is 1.80. The zero-order valence-electron chi connectivity index (χ0n) is 11.1. The maximum Gasteiger partial charge on any atom is 0.0794 e. The van der Waals surface area contributed by atoms with Crippen LogP contribution in [0.1, 0.15) is 34.1 Å². The molecule has 0 fully saturated rings. The molecule has 3 nitrogen and oxygen atoms in total. The smallest absolute Gasteiger partial charge is 0.0794 e. The third-order valence-electron chi connectivity index (χ3n) is 2.49. The molecule has 0 saturated heterocycles. The third-order valence-corrected chi connectivity index (χ3v) is 2.49. The van der Waals surface area contributed by atoms with Gasteiger partial charge in [0.25, 0.3) is 0 Å². The standard InChI is InChI=1S/C12H27NO2/c1-7-8-15-9-10(13-5)11(14-6)12(2,3)4/h10-11,13H,7-9H2,1-6H3. The van der Waals surface area contributed by atoms with Crippen LogP contribution in [0.25, 0.3) is 0 Å². The van der Waals surface area contributed by atoms with Crippen molar-refractivity contribution in [2.24, 2.45) is 5.41 Å². The highest BCUT2D eigenvalue weighted by atomic mass is 16.5. The Morgan fingerprint density at radius 2 is 1.87 bits per heavy atom. The van der Waals surface area contributed by atoms with E-state index >= 15 is 0 Å². The molecule has 0 bridgehead atoms. The van der Waals surface area contributed by atoms with E-state index in [1.54, 1.807) is 7.11 Å². The molecule has 0 spiro atoms. The molecule has 15 heavy (non-hydrogen) atoms. The predicted molar refractivity (Wildman–Crippen MR) is 64.2 cm³/mol. The summed E-state index contributed by atoms with van der Waals surface area (Å²) in [5.41, 5.74) is 0.123. The van der Waals surface area contributed by atoms with Gasteiger partial charge in [0.05, 0.1) is 18.8 Å². The first-order valence-corrected chi connectivity index (χ1v) is 5.75. The summed E-state index contributed by atoms with van der Waals surface area (Å²) in [5, 5.41) is 3.27. The Morgan fingerprint density at radius 3 is 2.20 bits per heavy atom. The van der Waals surface area contributed by atoms with E-state index in [1.807, 2.05) is 7.05 Å². The van der Waals surface area contributed by atoms with Gasteiger partial charge in [-0.25, -0.2) is 0 Å². The lowest BCUT2D eigenvalue weighted by atomic mass is 9.84. The maximum absolute atomic E-state index is 5.57. The van der Waals surface area contributed by atoms with Gasteiger partial charge in [0.2, 0.25) is 0 Å². The first-order chi connectivity index (χ1) is 6.97. The van der Waals surface area contributed by atoms with Gasteiger partial charge >= 0.3 is 0 Å². The molecule has 2 unspecified atom stereocenters. The quantitative estimate of drug-likeness (QED) is 0.662. The number of ether oxygens (including phenoxy) is 2. The average Bonchev–Trinajstić information content (AvgIpc) is 2.14. The van der Waals surface area contributed by atoms with Gasteiger partial charge in [-0.15, -0.1) is 0 Å². The van der Waals surface area contributed by atoms with Crippen molar-refractivity contribution in [1.29, 1.82) is 0 Å². The second-order valence-electron chi connectivity index (χ2n) is 4.99. The molecular formula is C12H27NO2. The minimum absolute atomic E-state index is 0.123. The molecule has 0 rings (SSSR count). The largest absolute Gasteiger partial charge is 0.380 e. The number of hydrogen-bond donors (Lipinski definition) is 1. The van der Waals surface area contributed by atoms with Crippen LogP contribution in [-0.4, -0.2) is 39.5 Å². The summed E-state index contributed by atoms with van der Waals surface area (Å²) in [5.74, 6) is 0. The summed E-state index contributed by atoms with van der Waals surface area (Å²) in [4.78, 5) is 0. The van der Waals surface area contributed by atoms with Crippen molar-refractivity contribution >= 4 is 0 Å². The Kier molecular flexibility index (Phi) is 7.14. The molecule has 0 radical (unpaired) electrons. The molecule has 1 N–H and O–H groups in total. The lowest BCUT2D eigenvalue weighted by molar-refractivity contribution is -0.0344. The van der Waals surface area contributed by atoms with Gasteiger partial charge in [0.1, 0.15) is 0 Å². The molecule has 0 aliphatic carbocycles. The van der Waals surface area contributed by atoms with Crippen LogP contribution >= 0.6 is 0 Å². The van der Waals surface area contributed by atoms with E-state index in [9.17, 15) is 0 Å². The molecule has 0 amide bonds. The molecule has 0 heterocycles. The summed E-state index contributed by atoms with van der Waals surface area (Å²) in [7, 11) is 3.72. The molecule has 3 heteroatoms. The number of likely N-dealkylation sites (N-methyl/N-ethyl adjacent to an activating group) is 1. The maximum atomic E-state index is 5.57. The molecule has 0 aromatic carbocycles. The van der Waals surface area contributed by atoms with Crippen molar-refractivity contribution in [2.45, 2.75) is 46.3 Å². The van der Waals surface area contributed by atoms with Crippen LogP contribution < -0.4 is 5.32 Å². The molecule has 2 atom stereocenters. The van der Waals surface area contributed by atoms with Gasteiger partial charge in [-0.2, -0.15) is 0 Å². The van der Waals surface area contributed by atoms with E-state index in [0.717, 1.165) is 13.0 Å². The third kappa shape index (κ3) is 5.50. The summed E-state index contributed by atoms with van der Waals surface area (Å²) in [6.45, 7) is 10.2. The van der Waals surface area contributed by atoms with Crippen molar-refractivity contribution < 1.29 is 9.47 Å². The Labute approximate surface area is 94.5 Å². The molecule has 0 aliphatic rings. The van der Waals surface area contributed by atoms with Crippen LogP contribution in [-0.2, 0) is 9.47 Å².